The van der Waals surface area contributed by atoms with Crippen molar-refractivity contribution in [3.63, 3.8) is 0 Å². The second-order valence-electron chi connectivity index (χ2n) is 3.77. The van der Waals surface area contributed by atoms with Gasteiger partial charge in [0.15, 0.2) is 0 Å². The van der Waals surface area contributed by atoms with Gasteiger partial charge in [-0.15, -0.1) is 0 Å². The molecule has 2 N–H and O–H groups in total. The normalized spacial score (nSPS) is 34.1. The van der Waals surface area contributed by atoms with Crippen LogP contribution in [0, 0.1) is 17.8 Å². The molecule has 74 valence electrons. The van der Waals surface area contributed by atoms with E-state index >= 15 is 0 Å². The van der Waals surface area contributed by atoms with Gasteiger partial charge in [0.2, 0.25) is 0 Å². The molecule has 0 bridgehead atoms. The Balaban J connectivity index is 2.63. The number of hydrogen-bond donors (Lipinski definition) is 2. The molecule has 0 aromatic rings. The summed E-state index contributed by atoms with van der Waals surface area (Å²) in [6.45, 7) is 1.87. The summed E-state index contributed by atoms with van der Waals surface area (Å²) in [4.78, 5) is 21.4. The summed E-state index contributed by atoms with van der Waals surface area (Å²) in [6, 6.07) is 0. The lowest BCUT2D eigenvalue weighted by atomic mass is 9.75. The smallest absolute Gasteiger partial charge is 0.306 e. The molecule has 3 atom stereocenters. The van der Waals surface area contributed by atoms with Crippen LogP contribution >= 0.6 is 0 Å². The third kappa shape index (κ3) is 2.20. The highest BCUT2D eigenvalue weighted by atomic mass is 16.4. The fraction of sp³-hybridized carbons (Fsp3) is 0.778. The van der Waals surface area contributed by atoms with Gasteiger partial charge in [0.25, 0.3) is 0 Å². The van der Waals surface area contributed by atoms with Crippen molar-refractivity contribution in [3.8, 4) is 0 Å². The Morgan fingerprint density at radius 2 is 1.77 bits per heavy atom. The molecule has 0 aliphatic heterocycles. The van der Waals surface area contributed by atoms with Crippen LogP contribution in [0.4, 0.5) is 0 Å². The molecule has 0 spiro atoms. The van der Waals surface area contributed by atoms with Crippen LogP contribution in [0.1, 0.15) is 26.2 Å². The van der Waals surface area contributed by atoms with Crippen LogP contribution in [-0.2, 0) is 9.59 Å². The van der Waals surface area contributed by atoms with Gasteiger partial charge in [-0.25, -0.2) is 0 Å². The SMILES string of the molecule is CC1CCC(C(=O)O)CC1C(=O)O. The van der Waals surface area contributed by atoms with E-state index in [9.17, 15) is 9.59 Å². The molecule has 0 saturated heterocycles. The van der Waals surface area contributed by atoms with E-state index < -0.39 is 23.8 Å². The van der Waals surface area contributed by atoms with E-state index in [4.69, 9.17) is 10.2 Å². The summed E-state index contributed by atoms with van der Waals surface area (Å²) < 4.78 is 0. The minimum absolute atomic E-state index is 0.105. The van der Waals surface area contributed by atoms with Gasteiger partial charge in [-0.3, -0.25) is 9.59 Å². The third-order valence-electron chi connectivity index (χ3n) is 2.86. The van der Waals surface area contributed by atoms with Crippen molar-refractivity contribution in [2.45, 2.75) is 26.2 Å². The first-order valence-corrected chi connectivity index (χ1v) is 4.48. The van der Waals surface area contributed by atoms with Crippen LogP contribution in [0.2, 0.25) is 0 Å². The Bertz CT molecular complexity index is 224. The van der Waals surface area contributed by atoms with E-state index in [-0.39, 0.29) is 12.3 Å². The zero-order valence-corrected chi connectivity index (χ0v) is 7.56. The maximum absolute atomic E-state index is 10.7. The Hall–Kier alpha value is -1.06. The number of carboxylic acid groups (broad SMARTS) is 2. The standard InChI is InChI=1S/C9H14O4/c1-5-2-3-6(8(10)11)4-7(5)9(12)13/h5-7H,2-4H2,1H3,(H,10,11)(H,12,13). The van der Waals surface area contributed by atoms with E-state index in [1.54, 1.807) is 0 Å². The predicted octanol–water partition coefficient (Wildman–Crippen LogP) is 1.21. The number of hydrogen-bond acceptors (Lipinski definition) is 2. The molecule has 1 aliphatic carbocycles. The highest BCUT2D eigenvalue weighted by Crippen LogP contribution is 2.33. The quantitative estimate of drug-likeness (QED) is 0.679. The maximum Gasteiger partial charge on any atom is 0.306 e. The van der Waals surface area contributed by atoms with Crippen molar-refractivity contribution in [3.05, 3.63) is 0 Å². The Labute approximate surface area is 76.6 Å². The second-order valence-corrected chi connectivity index (χ2v) is 3.77. The van der Waals surface area contributed by atoms with Gasteiger partial charge in [0, 0.05) is 0 Å². The van der Waals surface area contributed by atoms with Crippen LogP contribution in [0.5, 0.6) is 0 Å². The van der Waals surface area contributed by atoms with Gasteiger partial charge in [0.05, 0.1) is 11.8 Å². The van der Waals surface area contributed by atoms with E-state index in [0.717, 1.165) is 0 Å². The Morgan fingerprint density at radius 3 is 2.23 bits per heavy atom. The van der Waals surface area contributed by atoms with E-state index in [1.807, 2.05) is 6.92 Å². The van der Waals surface area contributed by atoms with Gasteiger partial charge >= 0.3 is 11.9 Å². The van der Waals surface area contributed by atoms with Crippen molar-refractivity contribution in [1.82, 2.24) is 0 Å². The molecule has 0 aromatic heterocycles. The molecule has 1 aliphatic rings. The third-order valence-corrected chi connectivity index (χ3v) is 2.86. The van der Waals surface area contributed by atoms with Crippen molar-refractivity contribution in [2.75, 3.05) is 0 Å². The lowest BCUT2D eigenvalue weighted by molar-refractivity contribution is -0.149. The molecule has 1 saturated carbocycles. The summed E-state index contributed by atoms with van der Waals surface area (Å²) in [5.41, 5.74) is 0. The number of carbonyl (C=O) groups is 2. The van der Waals surface area contributed by atoms with E-state index in [0.29, 0.717) is 12.8 Å². The lowest BCUT2D eigenvalue weighted by Crippen LogP contribution is -2.32. The lowest BCUT2D eigenvalue weighted by Gasteiger charge is -2.29. The van der Waals surface area contributed by atoms with Crippen molar-refractivity contribution in [2.24, 2.45) is 17.8 Å². The maximum atomic E-state index is 10.7. The van der Waals surface area contributed by atoms with Crippen molar-refractivity contribution >= 4 is 11.9 Å². The largest absolute Gasteiger partial charge is 0.481 e. The average molecular weight is 186 g/mol. The molecule has 0 radical (unpaired) electrons. The molecule has 1 fully saturated rings. The van der Waals surface area contributed by atoms with Crippen LogP contribution in [-0.4, -0.2) is 22.2 Å². The molecule has 0 aromatic carbocycles. The van der Waals surface area contributed by atoms with Gasteiger partial charge in [-0.05, 0) is 25.2 Å². The summed E-state index contributed by atoms with van der Waals surface area (Å²) >= 11 is 0. The van der Waals surface area contributed by atoms with E-state index in [1.165, 1.54) is 0 Å². The summed E-state index contributed by atoms with van der Waals surface area (Å²) in [5.74, 6) is -2.56. The molecule has 0 heterocycles. The first-order valence-electron chi connectivity index (χ1n) is 4.48. The first-order chi connectivity index (χ1) is 6.02. The van der Waals surface area contributed by atoms with Gasteiger partial charge in [-0.2, -0.15) is 0 Å². The average Bonchev–Trinajstić information content (AvgIpc) is 2.04. The molecule has 13 heavy (non-hydrogen) atoms. The fourth-order valence-corrected chi connectivity index (χ4v) is 1.89. The van der Waals surface area contributed by atoms with Crippen LogP contribution in [0.3, 0.4) is 0 Å². The van der Waals surface area contributed by atoms with Crippen molar-refractivity contribution < 1.29 is 19.8 Å². The first kappa shape index (κ1) is 10.0. The number of rotatable bonds is 2. The second kappa shape index (κ2) is 3.77. The molecule has 0 amide bonds. The minimum Gasteiger partial charge on any atom is -0.481 e. The van der Waals surface area contributed by atoms with Crippen LogP contribution < -0.4 is 0 Å². The monoisotopic (exact) mass is 186 g/mol. The highest BCUT2D eigenvalue weighted by Gasteiger charge is 2.35. The molecular formula is C9H14O4. The number of aliphatic carboxylic acids is 2. The Kier molecular flexibility index (Phi) is 2.90. The summed E-state index contributed by atoms with van der Waals surface area (Å²) in [6.07, 6.45) is 1.60. The molecular weight excluding hydrogens is 172 g/mol. The van der Waals surface area contributed by atoms with Crippen LogP contribution in [0.25, 0.3) is 0 Å². The highest BCUT2D eigenvalue weighted by molar-refractivity contribution is 5.74. The van der Waals surface area contributed by atoms with Gasteiger partial charge in [-0.1, -0.05) is 6.92 Å². The minimum atomic E-state index is -0.863. The van der Waals surface area contributed by atoms with Gasteiger partial charge < -0.3 is 10.2 Å². The van der Waals surface area contributed by atoms with E-state index in [2.05, 4.69) is 0 Å². The summed E-state index contributed by atoms with van der Waals surface area (Å²) in [5, 5.41) is 17.5. The molecule has 3 unspecified atom stereocenters. The zero-order chi connectivity index (χ0) is 10.0. The fourth-order valence-electron chi connectivity index (χ4n) is 1.89. The molecule has 4 nitrogen and oxygen atoms in total. The summed E-state index contributed by atoms with van der Waals surface area (Å²) in [7, 11) is 0. The van der Waals surface area contributed by atoms with Gasteiger partial charge in [0.1, 0.15) is 0 Å². The Morgan fingerprint density at radius 1 is 1.15 bits per heavy atom. The molecule has 4 heteroatoms. The zero-order valence-electron chi connectivity index (χ0n) is 7.56. The van der Waals surface area contributed by atoms with Crippen molar-refractivity contribution in [1.29, 1.82) is 0 Å². The molecule has 1 rings (SSSR count). The number of carboxylic acids is 2. The topological polar surface area (TPSA) is 74.6 Å². The van der Waals surface area contributed by atoms with Crippen LogP contribution in [0.15, 0.2) is 0 Å². The predicted molar refractivity (Wildman–Crippen MR) is 45.3 cm³/mol.